The molecular formula is C21H18Cl2IN3O4S2. The van der Waals surface area contributed by atoms with E-state index in [1.165, 1.54) is 6.07 Å². The van der Waals surface area contributed by atoms with Crippen LogP contribution in [0.3, 0.4) is 0 Å². The van der Waals surface area contributed by atoms with Crippen molar-refractivity contribution in [2.75, 3.05) is 19.0 Å². The number of methoxy groups -OCH3 is 1. The number of urea groups is 1. The maximum Gasteiger partial charge on any atom is 0.338 e. The van der Waals surface area contributed by atoms with Gasteiger partial charge < -0.3 is 14.8 Å². The van der Waals surface area contributed by atoms with Gasteiger partial charge in [0.15, 0.2) is 15.8 Å². The zero-order chi connectivity index (χ0) is 24.1. The molecule has 1 aliphatic heterocycles. The number of thioether (sulfide) groups is 1. The fourth-order valence-corrected chi connectivity index (χ4v) is 4.98. The molecule has 0 spiro atoms. The number of thiocarbonyl (C=S) groups is 1. The molecule has 2 N–H and O–H groups in total. The van der Waals surface area contributed by atoms with Gasteiger partial charge in [0.25, 0.3) is 5.91 Å². The van der Waals surface area contributed by atoms with Crippen LogP contribution in [0, 0.1) is 3.57 Å². The van der Waals surface area contributed by atoms with Crippen LogP contribution in [-0.4, -0.2) is 35.0 Å². The van der Waals surface area contributed by atoms with Crippen LogP contribution in [0.15, 0.2) is 35.2 Å². The first-order valence-corrected chi connectivity index (χ1v) is 12.6. The number of carbonyl (C=O) groups is 2. The van der Waals surface area contributed by atoms with Crippen molar-refractivity contribution < 1.29 is 19.1 Å². The van der Waals surface area contributed by atoms with Gasteiger partial charge in [-0.1, -0.05) is 41.9 Å². The van der Waals surface area contributed by atoms with E-state index in [0.29, 0.717) is 38.7 Å². The number of amides is 3. The van der Waals surface area contributed by atoms with E-state index in [2.05, 4.69) is 33.3 Å². The number of anilines is 1. The van der Waals surface area contributed by atoms with Crippen molar-refractivity contribution in [2.24, 2.45) is 0 Å². The molecule has 0 saturated carbocycles. The third-order valence-corrected chi connectivity index (χ3v) is 7.03. The van der Waals surface area contributed by atoms with Gasteiger partial charge in [-0.25, -0.2) is 10.2 Å². The standard InChI is InChI=1S/C21H18Cl2IN3O4S2/c1-3-6-31-18-15(24)7-11(8-16(18)30-2)9-17-19(28)27(21(32)33-17)26-20(29)25-12-4-5-13(22)14(23)10-12/h4-5,7-10H,3,6H2,1-2H3,(H2,25,26,29)/b17-9-. The zero-order valence-corrected chi connectivity index (χ0v) is 22.7. The van der Waals surface area contributed by atoms with E-state index in [4.69, 9.17) is 44.9 Å². The second-order valence-corrected chi connectivity index (χ2v) is 10.2. The fraction of sp³-hybridized carbons (Fsp3) is 0.190. The maximum atomic E-state index is 12.9. The van der Waals surface area contributed by atoms with Gasteiger partial charge in [0.1, 0.15) is 0 Å². The van der Waals surface area contributed by atoms with Gasteiger partial charge in [0.2, 0.25) is 0 Å². The number of rotatable bonds is 7. The van der Waals surface area contributed by atoms with Crippen molar-refractivity contribution in [1.82, 2.24) is 10.4 Å². The molecule has 2 aromatic rings. The highest BCUT2D eigenvalue weighted by Gasteiger charge is 2.33. The lowest BCUT2D eigenvalue weighted by atomic mass is 10.2. The summed E-state index contributed by atoms with van der Waals surface area (Å²) in [6, 6.07) is 7.64. The van der Waals surface area contributed by atoms with Crippen LogP contribution >= 0.6 is 69.8 Å². The van der Waals surface area contributed by atoms with Crippen molar-refractivity contribution in [3.8, 4) is 11.5 Å². The van der Waals surface area contributed by atoms with Gasteiger partial charge in [-0.05, 0) is 83.2 Å². The highest BCUT2D eigenvalue weighted by molar-refractivity contribution is 14.1. The van der Waals surface area contributed by atoms with Crippen molar-refractivity contribution in [3.05, 3.63) is 54.4 Å². The van der Waals surface area contributed by atoms with Crippen LogP contribution < -0.4 is 20.2 Å². The number of hydrogen-bond acceptors (Lipinski definition) is 6. The number of hydrogen-bond donors (Lipinski definition) is 2. The van der Waals surface area contributed by atoms with E-state index in [-0.39, 0.29) is 4.32 Å². The zero-order valence-electron chi connectivity index (χ0n) is 17.4. The lowest BCUT2D eigenvalue weighted by Gasteiger charge is -2.16. The second kappa shape index (κ2) is 11.6. The van der Waals surface area contributed by atoms with Crippen molar-refractivity contribution >= 4 is 97.8 Å². The summed E-state index contributed by atoms with van der Waals surface area (Å²) in [4.78, 5) is 25.6. The van der Waals surface area contributed by atoms with Gasteiger partial charge in [-0.2, -0.15) is 5.01 Å². The molecule has 3 rings (SSSR count). The smallest absolute Gasteiger partial charge is 0.338 e. The van der Waals surface area contributed by atoms with E-state index in [0.717, 1.165) is 32.3 Å². The molecule has 1 fully saturated rings. The Morgan fingerprint density at radius 3 is 2.70 bits per heavy atom. The summed E-state index contributed by atoms with van der Waals surface area (Å²) in [6.07, 6.45) is 2.56. The number of halogens is 3. The Kier molecular flexibility index (Phi) is 9.10. The fourth-order valence-electron chi connectivity index (χ4n) is 2.72. The Bertz CT molecular complexity index is 1150. The minimum atomic E-state index is -0.653. The molecule has 2 aromatic carbocycles. The average molecular weight is 638 g/mol. The third-order valence-electron chi connectivity index (χ3n) is 4.18. The topological polar surface area (TPSA) is 79.9 Å². The highest BCUT2D eigenvalue weighted by Crippen LogP contribution is 2.37. The summed E-state index contributed by atoms with van der Waals surface area (Å²) in [5, 5.41) is 4.25. The Morgan fingerprint density at radius 2 is 2.03 bits per heavy atom. The summed E-state index contributed by atoms with van der Waals surface area (Å²) >= 11 is 20.4. The molecule has 33 heavy (non-hydrogen) atoms. The van der Waals surface area contributed by atoms with E-state index in [1.807, 2.05) is 13.0 Å². The van der Waals surface area contributed by atoms with E-state index in [1.54, 1.807) is 31.4 Å². The Labute approximate surface area is 224 Å². The second-order valence-electron chi connectivity index (χ2n) is 6.59. The summed E-state index contributed by atoms with van der Waals surface area (Å²) in [6.45, 7) is 2.59. The van der Waals surface area contributed by atoms with Gasteiger partial charge in [0, 0.05) is 5.69 Å². The Hall–Kier alpha value is -1.73. The summed E-state index contributed by atoms with van der Waals surface area (Å²) in [5.41, 5.74) is 3.60. The van der Waals surface area contributed by atoms with Crippen LogP contribution in [0.25, 0.3) is 6.08 Å². The minimum Gasteiger partial charge on any atom is -0.493 e. The molecule has 1 saturated heterocycles. The minimum absolute atomic E-state index is 0.195. The molecule has 12 heteroatoms. The first kappa shape index (κ1) is 25.9. The molecular weight excluding hydrogens is 620 g/mol. The number of nitrogens with zero attached hydrogens (tertiary/aromatic N) is 1. The summed E-state index contributed by atoms with van der Waals surface area (Å²) in [5.74, 6) is 0.774. The number of carbonyl (C=O) groups excluding carboxylic acids is 2. The molecule has 174 valence electrons. The molecule has 1 aliphatic rings. The van der Waals surface area contributed by atoms with Crippen LogP contribution in [0.4, 0.5) is 10.5 Å². The third kappa shape index (κ3) is 6.44. The lowest BCUT2D eigenvalue weighted by molar-refractivity contribution is -0.123. The van der Waals surface area contributed by atoms with Crippen LogP contribution in [0.1, 0.15) is 18.9 Å². The van der Waals surface area contributed by atoms with Gasteiger partial charge >= 0.3 is 6.03 Å². The average Bonchev–Trinajstić information content (AvgIpc) is 3.02. The number of ether oxygens (including phenoxy) is 2. The molecule has 0 radical (unpaired) electrons. The molecule has 7 nitrogen and oxygen atoms in total. The Morgan fingerprint density at radius 1 is 1.27 bits per heavy atom. The highest BCUT2D eigenvalue weighted by atomic mass is 127. The first-order chi connectivity index (χ1) is 15.7. The van der Waals surface area contributed by atoms with Gasteiger partial charge in [0.05, 0.1) is 32.2 Å². The molecule has 3 amide bonds. The van der Waals surface area contributed by atoms with Gasteiger partial charge in [-0.15, -0.1) is 0 Å². The van der Waals surface area contributed by atoms with Gasteiger partial charge in [-0.3, -0.25) is 4.79 Å². The van der Waals surface area contributed by atoms with Crippen molar-refractivity contribution in [2.45, 2.75) is 13.3 Å². The molecule has 0 aliphatic carbocycles. The van der Waals surface area contributed by atoms with Crippen LogP contribution in [0.5, 0.6) is 11.5 Å². The quantitative estimate of drug-likeness (QED) is 0.210. The summed E-state index contributed by atoms with van der Waals surface area (Å²) in [7, 11) is 1.56. The number of benzene rings is 2. The largest absolute Gasteiger partial charge is 0.493 e. The molecule has 1 heterocycles. The SMILES string of the molecule is CCCOc1c(I)cc(/C=C2\SC(=S)N(NC(=O)Nc3ccc(Cl)c(Cl)c3)C2=O)cc1OC. The lowest BCUT2D eigenvalue weighted by Crippen LogP contribution is -2.46. The maximum absolute atomic E-state index is 12.9. The van der Waals surface area contributed by atoms with E-state index < -0.39 is 11.9 Å². The predicted molar refractivity (Wildman–Crippen MR) is 145 cm³/mol. The molecule has 0 unspecified atom stereocenters. The normalized spacial score (nSPS) is 14.6. The monoisotopic (exact) mass is 637 g/mol. The number of nitrogens with one attached hydrogen (secondary N) is 2. The van der Waals surface area contributed by atoms with Crippen molar-refractivity contribution in [3.63, 3.8) is 0 Å². The molecule has 0 atom stereocenters. The Balaban J connectivity index is 1.74. The van der Waals surface area contributed by atoms with E-state index in [9.17, 15) is 9.59 Å². The van der Waals surface area contributed by atoms with Crippen molar-refractivity contribution in [1.29, 1.82) is 0 Å². The van der Waals surface area contributed by atoms with Crippen LogP contribution in [0.2, 0.25) is 10.0 Å². The molecule has 0 bridgehead atoms. The van der Waals surface area contributed by atoms with E-state index >= 15 is 0 Å². The summed E-state index contributed by atoms with van der Waals surface area (Å²) < 4.78 is 12.3. The van der Waals surface area contributed by atoms with Crippen LogP contribution in [-0.2, 0) is 4.79 Å². The number of hydrazine groups is 1. The first-order valence-electron chi connectivity index (χ1n) is 9.54. The predicted octanol–water partition coefficient (Wildman–Crippen LogP) is 6.33. The molecule has 0 aromatic heterocycles.